The number of amides is 1. The van der Waals surface area contributed by atoms with Crippen LogP contribution in [0.3, 0.4) is 0 Å². The third kappa shape index (κ3) is 2.65. The van der Waals surface area contributed by atoms with Crippen molar-refractivity contribution in [2.24, 2.45) is 0 Å². The fourth-order valence-electron chi connectivity index (χ4n) is 1.59. The zero-order chi connectivity index (χ0) is 13.3. The third-order valence-corrected chi connectivity index (χ3v) is 2.64. The van der Waals surface area contributed by atoms with Gasteiger partial charge in [-0.3, -0.25) is 9.78 Å². The second-order valence-electron chi connectivity index (χ2n) is 4.87. The van der Waals surface area contributed by atoms with Gasteiger partial charge in [0.15, 0.2) is 0 Å². The molecule has 0 saturated heterocycles. The monoisotopic (exact) mass is 244 g/mol. The van der Waals surface area contributed by atoms with Crippen LogP contribution in [0.4, 0.5) is 5.69 Å². The molecule has 2 rings (SSSR count). The molecule has 4 heteroatoms. The van der Waals surface area contributed by atoms with Crippen LogP contribution in [0, 0.1) is 6.92 Å². The number of benzene rings is 1. The zero-order valence-electron chi connectivity index (χ0n) is 10.7. The predicted octanol–water partition coefficient (Wildman–Crippen LogP) is 2.25. The Bertz CT molecular complexity index is 600. The van der Waals surface area contributed by atoms with Crippen LogP contribution in [0.2, 0.25) is 0 Å². The summed E-state index contributed by atoms with van der Waals surface area (Å²) in [5, 5.41) is 13.2. The van der Waals surface area contributed by atoms with E-state index in [0.717, 1.165) is 16.6 Å². The second kappa shape index (κ2) is 4.38. The maximum Gasteiger partial charge on any atom is 0.255 e. The maximum absolute atomic E-state index is 11.6. The molecule has 1 aromatic carbocycles. The summed E-state index contributed by atoms with van der Waals surface area (Å²) in [5.74, 6) is -0.429. The third-order valence-electron chi connectivity index (χ3n) is 2.64. The van der Waals surface area contributed by atoms with Crippen LogP contribution in [0.5, 0.6) is 0 Å². The highest BCUT2D eigenvalue weighted by atomic mass is 16.3. The maximum atomic E-state index is 11.6. The highest BCUT2D eigenvalue weighted by molar-refractivity contribution is 5.98. The molecule has 0 radical (unpaired) electrons. The van der Waals surface area contributed by atoms with Crippen molar-refractivity contribution in [1.82, 2.24) is 4.98 Å². The Labute approximate surface area is 106 Å². The molecule has 0 unspecified atom stereocenters. The van der Waals surface area contributed by atoms with E-state index in [1.165, 1.54) is 13.8 Å². The summed E-state index contributed by atoms with van der Waals surface area (Å²) in [6, 6.07) is 9.34. The molecule has 0 fully saturated rings. The molecule has 18 heavy (non-hydrogen) atoms. The van der Waals surface area contributed by atoms with Crippen molar-refractivity contribution in [3.8, 4) is 0 Å². The molecule has 0 bridgehead atoms. The Hall–Kier alpha value is -1.94. The van der Waals surface area contributed by atoms with Gasteiger partial charge in [0.2, 0.25) is 0 Å². The molecule has 94 valence electrons. The molecule has 0 aliphatic rings. The highest BCUT2D eigenvalue weighted by Crippen LogP contribution is 2.19. The second-order valence-corrected chi connectivity index (χ2v) is 4.87. The first-order valence-corrected chi connectivity index (χ1v) is 5.77. The van der Waals surface area contributed by atoms with Gasteiger partial charge in [0.1, 0.15) is 5.60 Å². The Morgan fingerprint density at radius 3 is 2.67 bits per heavy atom. The van der Waals surface area contributed by atoms with E-state index < -0.39 is 11.5 Å². The molecule has 0 saturated carbocycles. The number of fused-ring (bicyclic) bond motifs is 1. The number of aryl methyl sites for hydroxylation is 1. The minimum atomic E-state index is -1.39. The van der Waals surface area contributed by atoms with Gasteiger partial charge in [-0.15, -0.1) is 0 Å². The van der Waals surface area contributed by atoms with E-state index in [-0.39, 0.29) is 0 Å². The summed E-state index contributed by atoms with van der Waals surface area (Å²) in [6.07, 6.45) is 0. The highest BCUT2D eigenvalue weighted by Gasteiger charge is 2.23. The van der Waals surface area contributed by atoms with E-state index in [1.54, 1.807) is 6.07 Å². The first-order chi connectivity index (χ1) is 8.36. The smallest absolute Gasteiger partial charge is 0.255 e. The average molecular weight is 244 g/mol. The van der Waals surface area contributed by atoms with Crippen LogP contribution in [-0.4, -0.2) is 21.6 Å². The number of aliphatic hydroxyl groups is 1. The van der Waals surface area contributed by atoms with Crippen molar-refractivity contribution in [2.75, 3.05) is 5.32 Å². The molecule has 4 nitrogen and oxygen atoms in total. The molecular weight excluding hydrogens is 228 g/mol. The fourth-order valence-corrected chi connectivity index (χ4v) is 1.59. The first-order valence-electron chi connectivity index (χ1n) is 5.77. The van der Waals surface area contributed by atoms with Crippen LogP contribution in [0.25, 0.3) is 10.9 Å². The van der Waals surface area contributed by atoms with Crippen LogP contribution in [0.1, 0.15) is 19.5 Å². The zero-order valence-corrected chi connectivity index (χ0v) is 10.7. The molecule has 0 atom stereocenters. The Morgan fingerprint density at radius 2 is 2.00 bits per heavy atom. The summed E-state index contributed by atoms with van der Waals surface area (Å²) in [7, 11) is 0. The van der Waals surface area contributed by atoms with Crippen molar-refractivity contribution < 1.29 is 9.90 Å². The molecule has 2 N–H and O–H groups in total. The van der Waals surface area contributed by atoms with Gasteiger partial charge in [0.05, 0.1) is 5.52 Å². The Kier molecular flexibility index (Phi) is 3.05. The van der Waals surface area contributed by atoms with Gasteiger partial charge in [0, 0.05) is 16.8 Å². The van der Waals surface area contributed by atoms with E-state index in [1.807, 2.05) is 31.2 Å². The summed E-state index contributed by atoms with van der Waals surface area (Å²) in [4.78, 5) is 16.0. The SMILES string of the molecule is Cc1ccc2cc(NC(=O)C(C)(C)O)ccc2n1. The van der Waals surface area contributed by atoms with Gasteiger partial charge in [-0.25, -0.2) is 0 Å². The van der Waals surface area contributed by atoms with E-state index in [2.05, 4.69) is 10.3 Å². The number of hydrogen-bond donors (Lipinski definition) is 2. The lowest BCUT2D eigenvalue weighted by Crippen LogP contribution is -2.36. The lowest BCUT2D eigenvalue weighted by Gasteiger charge is -2.16. The van der Waals surface area contributed by atoms with Crippen LogP contribution >= 0.6 is 0 Å². The topological polar surface area (TPSA) is 62.2 Å². The van der Waals surface area contributed by atoms with Crippen molar-refractivity contribution in [1.29, 1.82) is 0 Å². The normalized spacial score (nSPS) is 11.6. The summed E-state index contributed by atoms with van der Waals surface area (Å²) < 4.78 is 0. The number of aromatic nitrogens is 1. The van der Waals surface area contributed by atoms with E-state index in [0.29, 0.717) is 5.69 Å². The first kappa shape index (κ1) is 12.5. The molecule has 0 spiro atoms. The number of anilines is 1. The van der Waals surface area contributed by atoms with Crippen molar-refractivity contribution in [2.45, 2.75) is 26.4 Å². The number of nitrogens with zero attached hydrogens (tertiary/aromatic N) is 1. The molecule has 1 amide bonds. The number of pyridine rings is 1. The van der Waals surface area contributed by atoms with E-state index in [9.17, 15) is 9.90 Å². The Balaban J connectivity index is 2.31. The summed E-state index contributed by atoms with van der Waals surface area (Å²) in [5.41, 5.74) is 1.10. The minimum absolute atomic E-state index is 0.429. The van der Waals surface area contributed by atoms with Crippen molar-refractivity contribution in [3.63, 3.8) is 0 Å². The van der Waals surface area contributed by atoms with Crippen molar-refractivity contribution >= 4 is 22.5 Å². The van der Waals surface area contributed by atoms with Gasteiger partial charge in [-0.1, -0.05) is 6.07 Å². The molecule has 2 aromatic rings. The van der Waals surface area contributed by atoms with Gasteiger partial charge < -0.3 is 10.4 Å². The Morgan fingerprint density at radius 1 is 1.28 bits per heavy atom. The van der Waals surface area contributed by atoms with Gasteiger partial charge in [-0.2, -0.15) is 0 Å². The largest absolute Gasteiger partial charge is 0.381 e. The number of carbonyl (C=O) groups excluding carboxylic acids is 1. The number of rotatable bonds is 2. The average Bonchev–Trinajstić information content (AvgIpc) is 2.28. The van der Waals surface area contributed by atoms with Gasteiger partial charge >= 0.3 is 0 Å². The van der Waals surface area contributed by atoms with E-state index >= 15 is 0 Å². The molecule has 1 heterocycles. The summed E-state index contributed by atoms with van der Waals surface area (Å²) in [6.45, 7) is 4.84. The number of carbonyl (C=O) groups is 1. The lowest BCUT2D eigenvalue weighted by atomic mass is 10.1. The predicted molar refractivity (Wildman–Crippen MR) is 71.4 cm³/mol. The molecule has 0 aliphatic heterocycles. The fraction of sp³-hybridized carbons (Fsp3) is 0.286. The van der Waals surface area contributed by atoms with Crippen LogP contribution < -0.4 is 5.32 Å². The standard InChI is InChI=1S/C14H16N2O2/c1-9-4-5-10-8-11(6-7-12(10)15-9)16-13(17)14(2,3)18/h4-8,18H,1-3H3,(H,16,17). The van der Waals surface area contributed by atoms with E-state index in [4.69, 9.17) is 0 Å². The molecule has 1 aromatic heterocycles. The van der Waals surface area contributed by atoms with Gasteiger partial charge in [0.25, 0.3) is 5.91 Å². The quantitative estimate of drug-likeness (QED) is 0.851. The molecule has 0 aliphatic carbocycles. The lowest BCUT2D eigenvalue weighted by molar-refractivity contribution is -0.130. The van der Waals surface area contributed by atoms with Crippen LogP contribution in [0.15, 0.2) is 30.3 Å². The van der Waals surface area contributed by atoms with Gasteiger partial charge in [-0.05, 0) is 45.0 Å². The summed E-state index contributed by atoms with van der Waals surface area (Å²) >= 11 is 0. The minimum Gasteiger partial charge on any atom is -0.381 e. The van der Waals surface area contributed by atoms with Crippen LogP contribution in [-0.2, 0) is 4.79 Å². The van der Waals surface area contributed by atoms with Crippen molar-refractivity contribution in [3.05, 3.63) is 36.0 Å². The number of hydrogen-bond acceptors (Lipinski definition) is 3. The molecular formula is C14H16N2O2. The number of nitrogens with one attached hydrogen (secondary N) is 1.